The van der Waals surface area contributed by atoms with Gasteiger partial charge in [0.05, 0.1) is 23.7 Å². The maximum absolute atomic E-state index is 12.0. The molecule has 0 bridgehead atoms. The van der Waals surface area contributed by atoms with Crippen LogP contribution in [-0.2, 0) is 16.4 Å². The molecule has 0 aromatic heterocycles. The number of aliphatic imine (C=N–C) groups is 1. The Morgan fingerprint density at radius 1 is 1.38 bits per heavy atom. The average Bonchev–Trinajstić information content (AvgIpc) is 3.25. The van der Waals surface area contributed by atoms with Crippen molar-refractivity contribution in [2.45, 2.75) is 38.3 Å². The molecule has 0 amide bonds. The number of hydrazone groups is 1. The number of benzene rings is 1. The highest BCUT2D eigenvalue weighted by atomic mass is 32.2. The zero-order valence-corrected chi connectivity index (χ0v) is 15.3. The van der Waals surface area contributed by atoms with Gasteiger partial charge in [-0.2, -0.15) is 5.10 Å². The van der Waals surface area contributed by atoms with Crippen molar-refractivity contribution in [1.29, 1.82) is 0 Å². The van der Waals surface area contributed by atoms with Gasteiger partial charge in [-0.25, -0.2) is 8.42 Å². The fourth-order valence-corrected chi connectivity index (χ4v) is 5.29. The van der Waals surface area contributed by atoms with E-state index in [1.807, 2.05) is 19.1 Å². The van der Waals surface area contributed by atoms with E-state index in [1.165, 1.54) is 23.4 Å². The summed E-state index contributed by atoms with van der Waals surface area (Å²) >= 11 is 1.67. The molecule has 0 saturated heterocycles. The Labute approximate surface area is 146 Å². The van der Waals surface area contributed by atoms with Gasteiger partial charge in [-0.15, -0.1) is 0 Å². The normalized spacial score (nSPS) is 25.4. The molecule has 1 aromatic carbocycles. The van der Waals surface area contributed by atoms with Gasteiger partial charge in [0.2, 0.25) is 10.0 Å². The lowest BCUT2D eigenvalue weighted by atomic mass is 10.0. The Bertz CT molecular complexity index is 844. The quantitative estimate of drug-likeness (QED) is 0.890. The van der Waals surface area contributed by atoms with Gasteiger partial charge in [-0.05, 0) is 49.4 Å². The molecule has 4 rings (SSSR count). The molecule has 0 spiro atoms. The molecular weight excluding hydrogens is 344 g/mol. The van der Waals surface area contributed by atoms with Crippen LogP contribution in [0.5, 0.6) is 0 Å². The number of nitrogens with zero attached hydrogens (tertiary/aromatic N) is 3. The van der Waals surface area contributed by atoms with Crippen LogP contribution in [0.4, 0.5) is 5.69 Å². The highest BCUT2D eigenvalue weighted by molar-refractivity contribution is 8.14. The van der Waals surface area contributed by atoms with Crippen molar-refractivity contribution in [3.8, 4) is 0 Å². The fraction of sp³-hybridized carbons (Fsp3) is 0.500. The monoisotopic (exact) mass is 364 g/mol. The second-order valence-electron chi connectivity index (χ2n) is 6.58. The minimum absolute atomic E-state index is 0.0386. The Kier molecular flexibility index (Phi) is 3.84. The molecule has 1 atom stereocenters. The van der Waals surface area contributed by atoms with Gasteiger partial charge in [0, 0.05) is 11.8 Å². The number of amidine groups is 1. The van der Waals surface area contributed by atoms with Gasteiger partial charge in [0.15, 0.2) is 5.17 Å². The van der Waals surface area contributed by atoms with Crippen LogP contribution in [0.15, 0.2) is 28.3 Å². The van der Waals surface area contributed by atoms with Crippen LogP contribution in [-0.4, -0.2) is 43.4 Å². The van der Waals surface area contributed by atoms with Crippen LogP contribution in [0.2, 0.25) is 0 Å². The first-order valence-electron chi connectivity index (χ1n) is 8.08. The summed E-state index contributed by atoms with van der Waals surface area (Å²) in [6.07, 6.45) is 4.36. The van der Waals surface area contributed by atoms with E-state index in [-0.39, 0.29) is 6.04 Å². The summed E-state index contributed by atoms with van der Waals surface area (Å²) in [6, 6.07) is 6.37. The van der Waals surface area contributed by atoms with E-state index < -0.39 is 10.0 Å². The molecule has 1 fully saturated rings. The third-order valence-corrected chi connectivity index (χ3v) is 6.56. The van der Waals surface area contributed by atoms with Crippen molar-refractivity contribution in [3.05, 3.63) is 29.3 Å². The summed E-state index contributed by atoms with van der Waals surface area (Å²) in [5.41, 5.74) is 6.92. The number of fused-ring (bicyclic) bond motifs is 1. The van der Waals surface area contributed by atoms with Gasteiger partial charge in [0.1, 0.15) is 0 Å². The molecule has 2 heterocycles. The van der Waals surface area contributed by atoms with E-state index in [2.05, 4.69) is 21.6 Å². The van der Waals surface area contributed by atoms with Crippen molar-refractivity contribution >= 4 is 38.4 Å². The van der Waals surface area contributed by atoms with Crippen molar-refractivity contribution in [3.63, 3.8) is 0 Å². The topological polar surface area (TPSA) is 74.1 Å². The molecule has 1 N–H and O–H groups in total. The Balaban J connectivity index is 1.59. The molecule has 24 heavy (non-hydrogen) atoms. The van der Waals surface area contributed by atoms with Gasteiger partial charge >= 0.3 is 0 Å². The van der Waals surface area contributed by atoms with Crippen molar-refractivity contribution in [1.82, 2.24) is 5.43 Å². The van der Waals surface area contributed by atoms with E-state index in [1.54, 1.807) is 11.8 Å². The molecule has 1 saturated carbocycles. The standard InChI is InChI=1S/C16H20N4O2S2/c1-10-7-12-8-11(3-6-15(12)20(10)24(2,21)22)14-9-23-16(19-18-14)17-13-4-5-13/h3,6,8,10,13H,4-5,7,9H2,1-2H3,(H,17,19). The van der Waals surface area contributed by atoms with Crippen LogP contribution < -0.4 is 9.73 Å². The number of rotatable bonds is 3. The van der Waals surface area contributed by atoms with E-state index in [9.17, 15) is 8.42 Å². The van der Waals surface area contributed by atoms with Gasteiger partial charge in [-0.3, -0.25) is 14.7 Å². The van der Waals surface area contributed by atoms with Crippen molar-refractivity contribution < 1.29 is 8.42 Å². The number of hydrogen-bond acceptors (Lipinski definition) is 5. The van der Waals surface area contributed by atoms with Crippen LogP contribution in [0, 0.1) is 0 Å². The van der Waals surface area contributed by atoms with Crippen LogP contribution in [0.25, 0.3) is 0 Å². The van der Waals surface area contributed by atoms with E-state index >= 15 is 0 Å². The Morgan fingerprint density at radius 3 is 2.79 bits per heavy atom. The zero-order valence-electron chi connectivity index (χ0n) is 13.7. The molecule has 128 valence electrons. The minimum atomic E-state index is -3.24. The SMILES string of the molecule is CC1Cc2cc(C3=NNC(=NC4CC4)SC3)ccc2N1S(C)(=O)=O. The molecule has 8 heteroatoms. The third kappa shape index (κ3) is 3.04. The molecule has 1 aliphatic carbocycles. The first kappa shape index (κ1) is 16.0. The van der Waals surface area contributed by atoms with Crippen molar-refractivity contribution in [2.24, 2.45) is 10.1 Å². The fourth-order valence-electron chi connectivity index (χ4n) is 3.19. The number of thioether (sulfide) groups is 1. The highest BCUT2D eigenvalue weighted by Gasteiger charge is 2.32. The zero-order chi connectivity index (χ0) is 16.9. The van der Waals surface area contributed by atoms with E-state index in [4.69, 9.17) is 0 Å². The second kappa shape index (κ2) is 5.77. The second-order valence-corrected chi connectivity index (χ2v) is 9.40. The van der Waals surface area contributed by atoms with Gasteiger partial charge < -0.3 is 0 Å². The lowest BCUT2D eigenvalue weighted by Crippen LogP contribution is -2.34. The van der Waals surface area contributed by atoms with Gasteiger partial charge in [0.25, 0.3) is 0 Å². The summed E-state index contributed by atoms with van der Waals surface area (Å²) in [7, 11) is -3.24. The minimum Gasteiger partial charge on any atom is -0.267 e. The first-order valence-corrected chi connectivity index (χ1v) is 10.9. The van der Waals surface area contributed by atoms with Crippen molar-refractivity contribution in [2.75, 3.05) is 16.3 Å². The van der Waals surface area contributed by atoms with E-state index in [0.29, 0.717) is 6.04 Å². The molecule has 2 aliphatic heterocycles. The molecule has 3 aliphatic rings. The summed E-state index contributed by atoms with van der Waals surface area (Å²) in [4.78, 5) is 4.57. The lowest BCUT2D eigenvalue weighted by molar-refractivity contribution is 0.590. The molecule has 1 unspecified atom stereocenters. The smallest absolute Gasteiger partial charge is 0.232 e. The molecule has 0 radical (unpaired) electrons. The third-order valence-electron chi connectivity index (χ3n) is 4.40. The Hall–Kier alpha value is -1.54. The number of hydrogen-bond donors (Lipinski definition) is 1. The Morgan fingerprint density at radius 2 is 2.17 bits per heavy atom. The van der Waals surface area contributed by atoms with Crippen LogP contribution >= 0.6 is 11.8 Å². The molecule has 1 aromatic rings. The molecular formula is C16H20N4O2S2. The van der Waals surface area contributed by atoms with Gasteiger partial charge in [-0.1, -0.05) is 17.8 Å². The lowest BCUT2D eigenvalue weighted by Gasteiger charge is -2.22. The number of anilines is 1. The molecule has 6 nitrogen and oxygen atoms in total. The summed E-state index contributed by atoms with van der Waals surface area (Å²) < 4.78 is 25.5. The predicted molar refractivity (Wildman–Crippen MR) is 99.5 cm³/mol. The summed E-state index contributed by atoms with van der Waals surface area (Å²) in [5, 5.41) is 5.36. The maximum atomic E-state index is 12.0. The summed E-state index contributed by atoms with van der Waals surface area (Å²) in [6.45, 7) is 1.94. The first-order chi connectivity index (χ1) is 11.4. The number of nitrogens with one attached hydrogen (secondary N) is 1. The predicted octanol–water partition coefficient (Wildman–Crippen LogP) is 1.96. The largest absolute Gasteiger partial charge is 0.267 e. The summed E-state index contributed by atoms with van der Waals surface area (Å²) in [5.74, 6) is 0.780. The van der Waals surface area contributed by atoms with Crippen LogP contribution in [0.1, 0.15) is 30.9 Å². The van der Waals surface area contributed by atoms with E-state index in [0.717, 1.165) is 39.9 Å². The number of sulfonamides is 1. The maximum Gasteiger partial charge on any atom is 0.232 e. The highest BCUT2D eigenvalue weighted by Crippen LogP contribution is 2.35. The van der Waals surface area contributed by atoms with Crippen LogP contribution in [0.3, 0.4) is 0 Å². The average molecular weight is 364 g/mol.